The van der Waals surface area contributed by atoms with Crippen molar-refractivity contribution < 1.29 is 74.4 Å². The lowest BCUT2D eigenvalue weighted by Crippen LogP contribution is -2.60. The van der Waals surface area contributed by atoms with Crippen LogP contribution in [0.3, 0.4) is 0 Å². The number of hydrogen-bond acceptors (Lipinski definition) is 16. The Hall–Kier alpha value is -3.71. The molecule has 0 amide bonds. The first-order valence-electron chi connectivity index (χ1n) is 13.0. The van der Waals surface area contributed by atoms with Gasteiger partial charge in [0.2, 0.25) is 23.8 Å². The van der Waals surface area contributed by atoms with Crippen LogP contribution in [-0.4, -0.2) is 119 Å². The monoisotopic (exact) mass is 610 g/mol. The van der Waals surface area contributed by atoms with Crippen molar-refractivity contribution in [3.63, 3.8) is 0 Å². The van der Waals surface area contributed by atoms with Crippen LogP contribution in [0.1, 0.15) is 6.92 Å². The Morgan fingerprint density at radius 1 is 0.744 bits per heavy atom. The van der Waals surface area contributed by atoms with Gasteiger partial charge in [0.1, 0.15) is 65.2 Å². The number of aliphatic hydroxyl groups is 7. The third kappa shape index (κ3) is 5.55. The summed E-state index contributed by atoms with van der Waals surface area (Å²) in [5, 5.41) is 101. The molecule has 16 nitrogen and oxygen atoms in total. The fourth-order valence-electron chi connectivity index (χ4n) is 4.81. The highest BCUT2D eigenvalue weighted by Crippen LogP contribution is 2.40. The van der Waals surface area contributed by atoms with E-state index >= 15 is 0 Å². The Morgan fingerprint density at radius 3 is 2.05 bits per heavy atom. The fourth-order valence-corrected chi connectivity index (χ4v) is 4.81. The van der Waals surface area contributed by atoms with Crippen LogP contribution in [0.5, 0.6) is 28.7 Å². The van der Waals surface area contributed by atoms with Gasteiger partial charge in [0.15, 0.2) is 17.3 Å². The van der Waals surface area contributed by atoms with Gasteiger partial charge in [-0.3, -0.25) is 4.79 Å². The van der Waals surface area contributed by atoms with E-state index in [9.17, 15) is 55.9 Å². The van der Waals surface area contributed by atoms with Gasteiger partial charge in [-0.1, -0.05) is 0 Å². The SMILES string of the molecule is C[C@@H]1O[C@@H](Oc2cc(O)c3c(=O)c(O[C@@H]4O[C@H](CO)[C@H](O)[C@H](O)[C@H]4O)c(-c4ccc(O)c(O)c4)oc3c2)[C@H](O)[C@H](O)[C@H]1O. The molecule has 0 aliphatic carbocycles. The van der Waals surface area contributed by atoms with Crippen LogP contribution in [-0.2, 0) is 9.47 Å². The van der Waals surface area contributed by atoms with Gasteiger partial charge in [0.05, 0.1) is 12.7 Å². The van der Waals surface area contributed by atoms with Gasteiger partial charge in [-0.25, -0.2) is 0 Å². The highest BCUT2D eigenvalue weighted by Gasteiger charge is 2.46. The molecule has 10 N–H and O–H groups in total. The first kappa shape index (κ1) is 30.7. The molecule has 2 aliphatic heterocycles. The topological polar surface area (TPSA) is 269 Å². The molecule has 0 spiro atoms. The largest absolute Gasteiger partial charge is 0.507 e. The Bertz CT molecular complexity index is 1540. The zero-order valence-corrected chi connectivity index (χ0v) is 22.3. The minimum atomic E-state index is -1.92. The van der Waals surface area contributed by atoms with E-state index in [0.717, 1.165) is 24.3 Å². The van der Waals surface area contributed by atoms with Crippen LogP contribution in [0.2, 0.25) is 0 Å². The van der Waals surface area contributed by atoms with Crippen LogP contribution in [0.15, 0.2) is 39.5 Å². The molecule has 0 saturated carbocycles. The molecule has 3 aromatic rings. The molecule has 2 aromatic carbocycles. The maximum absolute atomic E-state index is 13.7. The molecule has 2 fully saturated rings. The highest BCUT2D eigenvalue weighted by molar-refractivity contribution is 5.88. The highest BCUT2D eigenvalue weighted by atomic mass is 16.7. The summed E-state index contributed by atoms with van der Waals surface area (Å²) in [7, 11) is 0. The average molecular weight is 611 g/mol. The Balaban J connectivity index is 1.61. The molecule has 0 unspecified atom stereocenters. The molecule has 0 radical (unpaired) electrons. The summed E-state index contributed by atoms with van der Waals surface area (Å²) in [5.74, 6) is -3.14. The van der Waals surface area contributed by atoms with E-state index in [4.69, 9.17) is 23.4 Å². The number of ether oxygens (including phenoxy) is 4. The van der Waals surface area contributed by atoms with E-state index in [1.54, 1.807) is 0 Å². The van der Waals surface area contributed by atoms with E-state index in [1.165, 1.54) is 13.0 Å². The molecule has 10 atom stereocenters. The average Bonchev–Trinajstić information content (AvgIpc) is 2.97. The van der Waals surface area contributed by atoms with Crippen molar-refractivity contribution >= 4 is 11.0 Å². The van der Waals surface area contributed by atoms with E-state index in [2.05, 4.69) is 0 Å². The van der Waals surface area contributed by atoms with Gasteiger partial charge in [0, 0.05) is 17.7 Å². The summed E-state index contributed by atoms with van der Waals surface area (Å²) < 4.78 is 27.8. The zero-order valence-electron chi connectivity index (χ0n) is 22.3. The number of benzene rings is 2. The first-order valence-corrected chi connectivity index (χ1v) is 13.0. The van der Waals surface area contributed by atoms with Crippen molar-refractivity contribution in [1.82, 2.24) is 0 Å². The molecule has 3 heterocycles. The van der Waals surface area contributed by atoms with Gasteiger partial charge in [-0.15, -0.1) is 0 Å². The van der Waals surface area contributed by atoms with E-state index in [-0.39, 0.29) is 16.9 Å². The lowest BCUT2D eigenvalue weighted by atomic mass is 9.99. The van der Waals surface area contributed by atoms with Gasteiger partial charge in [0.25, 0.3) is 0 Å². The molecule has 16 heteroatoms. The lowest BCUT2D eigenvalue weighted by molar-refractivity contribution is -0.277. The van der Waals surface area contributed by atoms with Crippen molar-refractivity contribution in [2.75, 3.05) is 6.61 Å². The first-order chi connectivity index (χ1) is 20.3. The molecular formula is C27H30O16. The standard InChI is InChI=1S/C27H30O16/c1-8-17(32)20(35)22(37)26(39-8)40-10-5-13(31)16-14(6-10)41-24(9-2-3-11(29)12(30)4-9)25(19(16)34)43-27-23(38)21(36)18(33)15(7-28)42-27/h2-6,8,15,17-18,20-23,26-33,35-38H,7H2,1H3/t8-,15+,17-,18-,20+,21-,22+,23+,26-,27-/m0/s1. The van der Waals surface area contributed by atoms with Crippen molar-refractivity contribution in [2.45, 2.75) is 68.3 Å². The summed E-state index contributed by atoms with van der Waals surface area (Å²) in [6, 6.07) is 5.43. The van der Waals surface area contributed by atoms with Crippen LogP contribution in [0.4, 0.5) is 0 Å². The van der Waals surface area contributed by atoms with Gasteiger partial charge in [-0.2, -0.15) is 0 Å². The lowest BCUT2D eigenvalue weighted by Gasteiger charge is -2.39. The molecule has 0 bridgehead atoms. The van der Waals surface area contributed by atoms with Crippen molar-refractivity contribution in [1.29, 1.82) is 0 Å². The van der Waals surface area contributed by atoms with Crippen LogP contribution in [0, 0.1) is 0 Å². The predicted molar refractivity (Wildman–Crippen MR) is 140 cm³/mol. The number of aromatic hydroxyl groups is 3. The maximum Gasteiger partial charge on any atom is 0.239 e. The second kappa shape index (κ2) is 11.8. The Morgan fingerprint density at radius 2 is 1.40 bits per heavy atom. The predicted octanol–water partition coefficient (Wildman–Crippen LogP) is -2.04. The minimum absolute atomic E-state index is 0.0447. The zero-order chi connectivity index (χ0) is 31.3. The fraction of sp³-hybridized carbons (Fsp3) is 0.444. The third-order valence-corrected chi connectivity index (χ3v) is 7.29. The second-order valence-corrected chi connectivity index (χ2v) is 10.2. The number of phenols is 3. The molecule has 5 rings (SSSR count). The molecule has 43 heavy (non-hydrogen) atoms. The van der Waals surface area contributed by atoms with Crippen LogP contribution in [0.25, 0.3) is 22.3 Å². The second-order valence-electron chi connectivity index (χ2n) is 10.2. The Kier molecular flexibility index (Phi) is 8.41. The van der Waals surface area contributed by atoms with Crippen LogP contribution < -0.4 is 14.9 Å². The van der Waals surface area contributed by atoms with E-state index < -0.39 is 108 Å². The number of hydrogen-bond donors (Lipinski definition) is 10. The number of phenolic OH excluding ortho intramolecular Hbond substituents is 3. The summed E-state index contributed by atoms with van der Waals surface area (Å²) in [6.07, 6.45) is -15.9. The maximum atomic E-state index is 13.7. The molecular weight excluding hydrogens is 580 g/mol. The smallest absolute Gasteiger partial charge is 0.239 e. The van der Waals surface area contributed by atoms with Gasteiger partial charge < -0.3 is 74.4 Å². The number of rotatable bonds is 6. The minimum Gasteiger partial charge on any atom is -0.507 e. The van der Waals surface area contributed by atoms with Crippen LogP contribution >= 0.6 is 0 Å². The van der Waals surface area contributed by atoms with Crippen molar-refractivity contribution in [2.24, 2.45) is 0 Å². The molecule has 234 valence electrons. The van der Waals surface area contributed by atoms with Gasteiger partial charge >= 0.3 is 0 Å². The summed E-state index contributed by atoms with van der Waals surface area (Å²) in [5.41, 5.74) is -1.40. The summed E-state index contributed by atoms with van der Waals surface area (Å²) in [6.45, 7) is 0.650. The molecule has 2 aliphatic rings. The third-order valence-electron chi connectivity index (χ3n) is 7.29. The van der Waals surface area contributed by atoms with Crippen molar-refractivity contribution in [3.05, 3.63) is 40.6 Å². The van der Waals surface area contributed by atoms with Gasteiger partial charge in [-0.05, 0) is 25.1 Å². The van der Waals surface area contributed by atoms with E-state index in [0.29, 0.717) is 0 Å². The summed E-state index contributed by atoms with van der Waals surface area (Å²) in [4.78, 5) is 13.7. The number of fused-ring (bicyclic) bond motifs is 1. The molecule has 2 saturated heterocycles. The summed E-state index contributed by atoms with van der Waals surface area (Å²) >= 11 is 0. The number of aliphatic hydroxyl groups excluding tert-OH is 7. The Labute approximate surface area is 241 Å². The normalized spacial score (nSPS) is 32.9. The van der Waals surface area contributed by atoms with E-state index in [1.807, 2.05) is 0 Å². The molecule has 1 aromatic heterocycles. The quantitative estimate of drug-likeness (QED) is 0.135. The van der Waals surface area contributed by atoms with Crippen molar-refractivity contribution in [3.8, 4) is 40.1 Å².